The van der Waals surface area contributed by atoms with Crippen molar-refractivity contribution in [3.63, 3.8) is 0 Å². The fourth-order valence-corrected chi connectivity index (χ4v) is 0.587. The van der Waals surface area contributed by atoms with E-state index in [9.17, 15) is 4.79 Å². The summed E-state index contributed by atoms with van der Waals surface area (Å²) in [5.74, 6) is 0.0359. The van der Waals surface area contributed by atoms with Crippen molar-refractivity contribution in [2.45, 2.75) is 20.0 Å². The minimum atomic E-state index is -0.327. The Morgan fingerprint density at radius 1 is 1.42 bits per heavy atom. The molecule has 4 heteroatoms. The van der Waals surface area contributed by atoms with Crippen molar-refractivity contribution in [3.05, 3.63) is 0 Å². The van der Waals surface area contributed by atoms with Crippen molar-refractivity contribution in [1.82, 2.24) is 0 Å². The molecule has 72 valence electrons. The third-order valence-corrected chi connectivity index (χ3v) is 1.43. The van der Waals surface area contributed by atoms with Gasteiger partial charge >= 0.3 is 0 Å². The number of ketones is 1. The van der Waals surface area contributed by atoms with Crippen LogP contribution in [0.3, 0.4) is 0 Å². The van der Waals surface area contributed by atoms with Crippen LogP contribution in [0.25, 0.3) is 0 Å². The van der Waals surface area contributed by atoms with E-state index in [1.807, 2.05) is 0 Å². The van der Waals surface area contributed by atoms with Crippen molar-refractivity contribution in [2.75, 3.05) is 26.4 Å². The van der Waals surface area contributed by atoms with Crippen molar-refractivity contribution in [1.29, 1.82) is 0 Å². The number of Topliss-reactive ketones (excluding diaryl/α,β-unsaturated/α-hetero) is 1. The van der Waals surface area contributed by atoms with Gasteiger partial charge in [-0.15, -0.1) is 0 Å². The average Bonchev–Trinajstić information content (AvgIpc) is 2.03. The second-order valence-electron chi connectivity index (χ2n) is 2.52. The molecule has 0 amide bonds. The zero-order valence-electron chi connectivity index (χ0n) is 7.71. The first kappa shape index (κ1) is 11.6. The number of ether oxygens (including phenoxy) is 2. The molecule has 0 saturated heterocycles. The lowest BCUT2D eigenvalue weighted by atomic mass is 10.3. The van der Waals surface area contributed by atoms with Crippen LogP contribution in [0.2, 0.25) is 0 Å². The largest absolute Gasteiger partial charge is 0.378 e. The van der Waals surface area contributed by atoms with Gasteiger partial charge in [0.05, 0.1) is 19.8 Å². The highest BCUT2D eigenvalue weighted by Gasteiger charge is 2.05. The van der Waals surface area contributed by atoms with Crippen molar-refractivity contribution in [3.8, 4) is 0 Å². The van der Waals surface area contributed by atoms with Crippen LogP contribution in [0.4, 0.5) is 0 Å². The quantitative estimate of drug-likeness (QED) is 0.551. The molecule has 0 aliphatic rings. The molecule has 12 heavy (non-hydrogen) atoms. The molecule has 1 unspecified atom stereocenters. The summed E-state index contributed by atoms with van der Waals surface area (Å²) in [7, 11) is 0. The molecule has 0 aromatic heterocycles. The van der Waals surface area contributed by atoms with E-state index < -0.39 is 0 Å². The molecule has 0 aromatic carbocycles. The summed E-state index contributed by atoms with van der Waals surface area (Å²) in [4.78, 5) is 10.7. The molecule has 0 fully saturated rings. The van der Waals surface area contributed by atoms with Gasteiger partial charge < -0.3 is 15.2 Å². The van der Waals surface area contributed by atoms with Crippen LogP contribution in [-0.4, -0.2) is 38.3 Å². The number of hydrogen-bond donors (Lipinski definition) is 1. The van der Waals surface area contributed by atoms with E-state index in [4.69, 9.17) is 15.2 Å². The maximum atomic E-state index is 10.7. The molecule has 0 spiro atoms. The lowest BCUT2D eigenvalue weighted by molar-refractivity contribution is -0.128. The zero-order chi connectivity index (χ0) is 9.40. The number of hydrogen-bond acceptors (Lipinski definition) is 4. The van der Waals surface area contributed by atoms with Gasteiger partial charge in [0.15, 0.2) is 5.78 Å². The SMILES string of the molecule is CC(=O)C(C)OCCOCCN. The molecule has 0 heterocycles. The summed E-state index contributed by atoms with van der Waals surface area (Å²) in [6.07, 6.45) is -0.327. The molecule has 0 bridgehead atoms. The number of rotatable bonds is 7. The lowest BCUT2D eigenvalue weighted by Gasteiger charge is -2.09. The maximum Gasteiger partial charge on any atom is 0.158 e. The van der Waals surface area contributed by atoms with E-state index in [1.54, 1.807) is 6.92 Å². The molecular weight excluding hydrogens is 158 g/mol. The summed E-state index contributed by atoms with van der Waals surface area (Å²) >= 11 is 0. The molecule has 0 aromatic rings. The monoisotopic (exact) mass is 175 g/mol. The number of carbonyl (C=O) groups is 1. The van der Waals surface area contributed by atoms with E-state index in [0.29, 0.717) is 26.4 Å². The van der Waals surface area contributed by atoms with E-state index in [0.717, 1.165) is 0 Å². The van der Waals surface area contributed by atoms with Gasteiger partial charge in [-0.1, -0.05) is 0 Å². The highest BCUT2D eigenvalue weighted by molar-refractivity contribution is 5.79. The molecule has 1 atom stereocenters. The van der Waals surface area contributed by atoms with E-state index in [1.165, 1.54) is 6.92 Å². The molecule has 0 aliphatic carbocycles. The topological polar surface area (TPSA) is 61.5 Å². The smallest absolute Gasteiger partial charge is 0.158 e. The Bertz CT molecular complexity index is 127. The Morgan fingerprint density at radius 3 is 2.58 bits per heavy atom. The molecule has 0 saturated carbocycles. The fraction of sp³-hybridized carbons (Fsp3) is 0.875. The Labute approximate surface area is 73.0 Å². The Balaban J connectivity index is 3.14. The summed E-state index contributed by atoms with van der Waals surface area (Å²) in [6.45, 7) is 5.23. The fourth-order valence-electron chi connectivity index (χ4n) is 0.587. The van der Waals surface area contributed by atoms with Gasteiger partial charge in [0, 0.05) is 6.54 Å². The van der Waals surface area contributed by atoms with E-state index in [-0.39, 0.29) is 11.9 Å². The number of nitrogens with two attached hydrogens (primary N) is 1. The minimum Gasteiger partial charge on any atom is -0.378 e. The zero-order valence-corrected chi connectivity index (χ0v) is 7.71. The Kier molecular flexibility index (Phi) is 6.94. The third-order valence-electron chi connectivity index (χ3n) is 1.43. The van der Waals surface area contributed by atoms with Crippen LogP contribution in [0.15, 0.2) is 0 Å². The van der Waals surface area contributed by atoms with Gasteiger partial charge in [-0.25, -0.2) is 0 Å². The predicted molar refractivity (Wildman–Crippen MR) is 46.0 cm³/mol. The minimum absolute atomic E-state index is 0.0359. The molecular formula is C8H17NO3. The van der Waals surface area contributed by atoms with Crippen LogP contribution >= 0.6 is 0 Å². The van der Waals surface area contributed by atoms with Gasteiger partial charge in [0.25, 0.3) is 0 Å². The molecule has 2 N–H and O–H groups in total. The third kappa shape index (κ3) is 6.27. The molecule has 4 nitrogen and oxygen atoms in total. The first-order valence-corrected chi connectivity index (χ1v) is 4.08. The normalized spacial score (nSPS) is 12.9. The van der Waals surface area contributed by atoms with E-state index >= 15 is 0 Å². The predicted octanol–water partition coefficient (Wildman–Crippen LogP) is -0.0442. The second kappa shape index (κ2) is 7.21. The standard InChI is InChI=1S/C8H17NO3/c1-7(10)8(2)12-6-5-11-4-3-9/h8H,3-6,9H2,1-2H3. The Hall–Kier alpha value is -0.450. The summed E-state index contributed by atoms with van der Waals surface area (Å²) < 4.78 is 10.2. The molecule has 0 radical (unpaired) electrons. The average molecular weight is 175 g/mol. The van der Waals surface area contributed by atoms with Crippen LogP contribution in [0, 0.1) is 0 Å². The highest BCUT2D eigenvalue weighted by Crippen LogP contribution is 1.91. The van der Waals surface area contributed by atoms with Crippen LogP contribution in [0.1, 0.15) is 13.8 Å². The lowest BCUT2D eigenvalue weighted by Crippen LogP contribution is -2.20. The second-order valence-corrected chi connectivity index (χ2v) is 2.52. The first-order valence-electron chi connectivity index (χ1n) is 4.08. The highest BCUT2D eigenvalue weighted by atomic mass is 16.5. The van der Waals surface area contributed by atoms with Gasteiger partial charge in [-0.3, -0.25) is 4.79 Å². The van der Waals surface area contributed by atoms with Crippen molar-refractivity contribution < 1.29 is 14.3 Å². The summed E-state index contributed by atoms with van der Waals surface area (Å²) in [5.41, 5.74) is 5.20. The summed E-state index contributed by atoms with van der Waals surface area (Å²) in [5, 5.41) is 0. The maximum absolute atomic E-state index is 10.7. The van der Waals surface area contributed by atoms with Gasteiger partial charge in [-0.05, 0) is 13.8 Å². The molecule has 0 rings (SSSR count). The van der Waals surface area contributed by atoms with Gasteiger partial charge in [0.1, 0.15) is 6.10 Å². The van der Waals surface area contributed by atoms with E-state index in [2.05, 4.69) is 0 Å². The molecule has 0 aliphatic heterocycles. The van der Waals surface area contributed by atoms with Gasteiger partial charge in [0.2, 0.25) is 0 Å². The number of carbonyl (C=O) groups excluding carboxylic acids is 1. The van der Waals surface area contributed by atoms with Crippen molar-refractivity contribution >= 4 is 5.78 Å². The van der Waals surface area contributed by atoms with Gasteiger partial charge in [-0.2, -0.15) is 0 Å². The Morgan fingerprint density at radius 2 is 2.08 bits per heavy atom. The van der Waals surface area contributed by atoms with Crippen molar-refractivity contribution in [2.24, 2.45) is 5.73 Å². The van der Waals surface area contributed by atoms with Crippen LogP contribution in [-0.2, 0) is 14.3 Å². The van der Waals surface area contributed by atoms with Crippen LogP contribution in [0.5, 0.6) is 0 Å². The first-order chi connectivity index (χ1) is 5.68. The van der Waals surface area contributed by atoms with Crippen LogP contribution < -0.4 is 5.73 Å². The summed E-state index contributed by atoms with van der Waals surface area (Å²) in [6, 6.07) is 0.